The summed E-state index contributed by atoms with van der Waals surface area (Å²) in [5.41, 5.74) is 21.4. The average Bonchev–Trinajstić information content (AvgIpc) is 4.02. The summed E-state index contributed by atoms with van der Waals surface area (Å²) in [4.78, 5) is 2.58. The zero-order valence-corrected chi connectivity index (χ0v) is 37.1. The van der Waals surface area contributed by atoms with Gasteiger partial charge in [-0.25, -0.2) is 0 Å². The van der Waals surface area contributed by atoms with Gasteiger partial charge < -0.3 is 9.47 Å². The molecule has 2 heteroatoms. The second kappa shape index (κ2) is 13.9. The third-order valence-corrected chi connectivity index (χ3v) is 15.6. The van der Waals surface area contributed by atoms with Crippen LogP contribution in [0.25, 0.3) is 60.5 Å². The predicted molar refractivity (Wildman–Crippen MR) is 281 cm³/mol. The monoisotopic (exact) mass is 862 g/mol. The van der Waals surface area contributed by atoms with Crippen molar-refractivity contribution in [1.29, 1.82) is 0 Å². The van der Waals surface area contributed by atoms with Gasteiger partial charge in [-0.05, 0) is 103 Å². The van der Waals surface area contributed by atoms with Gasteiger partial charge in [0.25, 0.3) is 0 Å². The molecule has 0 bridgehead atoms. The minimum atomic E-state index is -0.581. The van der Waals surface area contributed by atoms with Crippen LogP contribution in [0.3, 0.4) is 0 Å². The van der Waals surface area contributed by atoms with E-state index in [0.717, 1.165) is 17.1 Å². The van der Waals surface area contributed by atoms with Crippen LogP contribution in [-0.2, 0) is 10.8 Å². The first-order valence-corrected chi connectivity index (χ1v) is 23.8. The minimum absolute atomic E-state index is 0.548. The van der Waals surface area contributed by atoms with Crippen LogP contribution < -0.4 is 4.90 Å². The molecule has 11 aromatic carbocycles. The largest absolute Gasteiger partial charge is 0.309 e. The van der Waals surface area contributed by atoms with E-state index in [4.69, 9.17) is 0 Å². The van der Waals surface area contributed by atoms with Gasteiger partial charge in [0.05, 0.1) is 38.9 Å². The molecule has 15 rings (SSSR count). The summed E-state index contributed by atoms with van der Waals surface area (Å²) in [7, 11) is 0. The number of benzene rings is 11. The number of nitrogens with zero attached hydrogens (tertiary/aromatic N) is 2. The molecule has 0 fully saturated rings. The molecule has 0 amide bonds. The normalized spacial score (nSPS) is 15.5. The topological polar surface area (TPSA) is 8.17 Å². The molecule has 1 unspecified atom stereocenters. The van der Waals surface area contributed by atoms with Gasteiger partial charge in [0, 0.05) is 27.4 Å². The highest BCUT2D eigenvalue weighted by molar-refractivity contribution is 6.13. The number of hydrogen-bond donors (Lipinski definition) is 0. The number of aromatic nitrogens is 1. The lowest BCUT2D eigenvalue weighted by Crippen LogP contribution is -2.33. The van der Waals surface area contributed by atoms with Gasteiger partial charge in [-0.1, -0.05) is 218 Å². The maximum absolute atomic E-state index is 2.58. The van der Waals surface area contributed by atoms with E-state index in [9.17, 15) is 0 Å². The second-order valence-corrected chi connectivity index (χ2v) is 18.7. The molecule has 1 aliphatic heterocycles. The quantitative estimate of drug-likeness (QED) is 0.167. The van der Waals surface area contributed by atoms with Crippen molar-refractivity contribution in [3.8, 4) is 27.9 Å². The highest BCUT2D eigenvalue weighted by Gasteiger charge is 2.52. The first-order valence-electron chi connectivity index (χ1n) is 23.8. The fourth-order valence-electron chi connectivity index (χ4n) is 13.2. The van der Waals surface area contributed by atoms with Gasteiger partial charge in [0.2, 0.25) is 0 Å². The van der Waals surface area contributed by atoms with E-state index in [0.29, 0.717) is 0 Å². The molecule has 1 aromatic heterocycles. The number of fused-ring (bicyclic) bond motifs is 16. The van der Waals surface area contributed by atoms with Crippen molar-refractivity contribution in [1.82, 2.24) is 4.57 Å². The molecule has 316 valence electrons. The zero-order valence-electron chi connectivity index (χ0n) is 37.1. The summed E-state index contributed by atoms with van der Waals surface area (Å²) in [5, 5.41) is 4.97. The zero-order chi connectivity index (χ0) is 44.6. The van der Waals surface area contributed by atoms with Crippen molar-refractivity contribution in [2.45, 2.75) is 10.8 Å². The van der Waals surface area contributed by atoms with Crippen LogP contribution >= 0.6 is 0 Å². The molecule has 2 aliphatic carbocycles. The Morgan fingerprint density at radius 1 is 0.324 bits per heavy atom. The fourth-order valence-corrected chi connectivity index (χ4v) is 13.2. The highest BCUT2D eigenvalue weighted by atomic mass is 15.1. The first-order chi connectivity index (χ1) is 33.8. The van der Waals surface area contributed by atoms with E-state index in [1.54, 1.807) is 0 Å². The summed E-state index contributed by atoms with van der Waals surface area (Å²) >= 11 is 0. The first kappa shape index (κ1) is 37.5. The molecule has 0 N–H and O–H groups in total. The summed E-state index contributed by atoms with van der Waals surface area (Å²) in [6.45, 7) is 0. The van der Waals surface area contributed by atoms with E-state index < -0.39 is 10.8 Å². The summed E-state index contributed by atoms with van der Waals surface area (Å²) < 4.78 is 2.53. The summed E-state index contributed by atoms with van der Waals surface area (Å²) in [5.74, 6) is 0. The number of hydrogen-bond acceptors (Lipinski definition) is 1. The molecule has 0 saturated heterocycles. The lowest BCUT2D eigenvalue weighted by atomic mass is 9.65. The molecule has 2 nitrogen and oxygen atoms in total. The van der Waals surface area contributed by atoms with Crippen molar-refractivity contribution in [2.75, 3.05) is 4.90 Å². The Bertz CT molecular complexity index is 4000. The summed E-state index contributed by atoms with van der Waals surface area (Å²) in [6, 6.07) is 95.7. The van der Waals surface area contributed by atoms with Gasteiger partial charge in [0.1, 0.15) is 0 Å². The van der Waals surface area contributed by atoms with Crippen LogP contribution in [0.5, 0.6) is 0 Å². The van der Waals surface area contributed by atoms with Crippen molar-refractivity contribution in [3.63, 3.8) is 0 Å². The fraction of sp³-hybridized carbons (Fsp3) is 0.0303. The molecular weight excluding hydrogens is 821 g/mol. The molecule has 0 saturated carbocycles. The van der Waals surface area contributed by atoms with Crippen molar-refractivity contribution in [2.24, 2.45) is 0 Å². The standard InChI is InChI=1S/C66H42N2/c1-3-22-44(23-4-1)65(45-24-5-2-6-25-45)53-31-12-9-27-48(53)49-41-40-46(42-58(49)65)67(59-38-17-21-43-20-7-8-26-47(43)59)62-39-19-34-56-63(62)52-29-10-13-32-54(52)66(56)55-33-14-16-37-61(55)68-60-36-15-11-28-50(60)51-30-18-35-57(66)64(51)68/h1-42H. The van der Waals surface area contributed by atoms with E-state index >= 15 is 0 Å². The van der Waals surface area contributed by atoms with E-state index in [1.165, 1.54) is 105 Å². The van der Waals surface area contributed by atoms with E-state index in [1.807, 2.05) is 0 Å². The van der Waals surface area contributed by atoms with Crippen LogP contribution in [0.1, 0.15) is 44.5 Å². The van der Waals surface area contributed by atoms with Crippen LogP contribution in [-0.4, -0.2) is 4.57 Å². The Kier molecular flexibility index (Phi) is 7.67. The SMILES string of the molecule is c1ccc(C2(c3ccccc3)c3ccccc3-c3ccc(N(c4cccc5c4-c4ccccc4C54c5ccccc5-n5c6ccccc6c6cccc4c65)c4cccc5ccccc45)cc32)cc1. The van der Waals surface area contributed by atoms with E-state index in [-0.39, 0.29) is 0 Å². The maximum atomic E-state index is 2.58. The summed E-state index contributed by atoms with van der Waals surface area (Å²) in [6.07, 6.45) is 0. The molecule has 1 atom stereocenters. The average molecular weight is 863 g/mol. The Morgan fingerprint density at radius 3 is 1.68 bits per heavy atom. The van der Waals surface area contributed by atoms with Crippen LogP contribution in [0.15, 0.2) is 255 Å². The van der Waals surface area contributed by atoms with E-state index in [2.05, 4.69) is 264 Å². The Morgan fingerprint density at radius 2 is 0.868 bits per heavy atom. The predicted octanol–water partition coefficient (Wildman–Crippen LogP) is 16.4. The Balaban J connectivity index is 1.06. The lowest BCUT2D eigenvalue weighted by Gasteiger charge is -2.39. The van der Waals surface area contributed by atoms with Gasteiger partial charge in [-0.2, -0.15) is 0 Å². The van der Waals surface area contributed by atoms with Gasteiger partial charge in [-0.3, -0.25) is 0 Å². The van der Waals surface area contributed by atoms with Crippen molar-refractivity contribution < 1.29 is 0 Å². The van der Waals surface area contributed by atoms with Crippen LogP contribution in [0, 0.1) is 0 Å². The molecule has 3 aliphatic rings. The highest BCUT2D eigenvalue weighted by Crippen LogP contribution is 2.64. The van der Waals surface area contributed by atoms with Gasteiger partial charge in [0.15, 0.2) is 0 Å². The molecule has 0 radical (unpaired) electrons. The Labute approximate surface area is 395 Å². The van der Waals surface area contributed by atoms with Crippen molar-refractivity contribution >= 4 is 49.6 Å². The second-order valence-electron chi connectivity index (χ2n) is 18.7. The Hall–Kier alpha value is -8.72. The lowest BCUT2D eigenvalue weighted by molar-refractivity contribution is 0.748. The molecular formula is C66H42N2. The smallest absolute Gasteiger partial charge is 0.0755 e. The molecule has 2 heterocycles. The maximum Gasteiger partial charge on any atom is 0.0755 e. The third kappa shape index (κ3) is 4.66. The molecule has 1 spiro atoms. The van der Waals surface area contributed by atoms with Gasteiger partial charge >= 0.3 is 0 Å². The minimum Gasteiger partial charge on any atom is -0.309 e. The number of anilines is 3. The number of para-hydroxylation sites is 3. The third-order valence-electron chi connectivity index (χ3n) is 15.6. The van der Waals surface area contributed by atoms with Crippen molar-refractivity contribution in [3.05, 3.63) is 299 Å². The van der Waals surface area contributed by atoms with Gasteiger partial charge in [-0.15, -0.1) is 0 Å². The van der Waals surface area contributed by atoms with Crippen LogP contribution in [0.2, 0.25) is 0 Å². The number of rotatable bonds is 5. The molecule has 12 aromatic rings. The van der Waals surface area contributed by atoms with Crippen LogP contribution in [0.4, 0.5) is 17.1 Å². The molecule has 68 heavy (non-hydrogen) atoms.